The van der Waals surface area contributed by atoms with Gasteiger partial charge in [-0.1, -0.05) is 38.1 Å². The van der Waals surface area contributed by atoms with Crippen molar-refractivity contribution in [2.45, 2.75) is 40.4 Å². The summed E-state index contributed by atoms with van der Waals surface area (Å²) in [7, 11) is 0. The van der Waals surface area contributed by atoms with Crippen LogP contribution in [0.4, 0.5) is 0 Å². The van der Waals surface area contributed by atoms with Crippen molar-refractivity contribution in [1.82, 2.24) is 20.2 Å². The van der Waals surface area contributed by atoms with Crippen molar-refractivity contribution in [3.63, 3.8) is 0 Å². The zero-order chi connectivity index (χ0) is 15.1. The van der Waals surface area contributed by atoms with E-state index < -0.39 is 0 Å². The Bertz CT molecular complexity index is 526. The van der Waals surface area contributed by atoms with Crippen LogP contribution >= 0.6 is 0 Å². The fraction of sp³-hybridized carbons (Fsp3) is 0.471. The molecule has 2 aromatic rings. The van der Waals surface area contributed by atoms with Gasteiger partial charge >= 0.3 is 0 Å². The fourth-order valence-electron chi connectivity index (χ4n) is 2.37. The second kappa shape index (κ2) is 7.96. The molecule has 114 valence electrons. The second-order valence-electron chi connectivity index (χ2n) is 5.38. The number of hydrogen-bond acceptors (Lipinski definition) is 3. The molecule has 21 heavy (non-hydrogen) atoms. The first-order valence-electron chi connectivity index (χ1n) is 7.72. The van der Waals surface area contributed by atoms with E-state index in [4.69, 9.17) is 0 Å². The van der Waals surface area contributed by atoms with Gasteiger partial charge in [-0.2, -0.15) is 0 Å². The fourth-order valence-corrected chi connectivity index (χ4v) is 2.37. The van der Waals surface area contributed by atoms with Crippen LogP contribution in [0, 0.1) is 6.92 Å². The predicted molar refractivity (Wildman–Crippen MR) is 86.9 cm³/mol. The Hall–Kier alpha value is -1.65. The van der Waals surface area contributed by atoms with Crippen LogP contribution in [0.1, 0.15) is 36.5 Å². The summed E-state index contributed by atoms with van der Waals surface area (Å²) in [5, 5.41) is 3.43. The lowest BCUT2D eigenvalue weighted by atomic mass is 10.1. The van der Waals surface area contributed by atoms with Crippen LogP contribution in [0.25, 0.3) is 0 Å². The van der Waals surface area contributed by atoms with E-state index in [1.54, 1.807) is 0 Å². The molecule has 0 unspecified atom stereocenters. The van der Waals surface area contributed by atoms with Gasteiger partial charge in [0.2, 0.25) is 0 Å². The number of aromatic amines is 1. The summed E-state index contributed by atoms with van der Waals surface area (Å²) in [4.78, 5) is 9.85. The van der Waals surface area contributed by atoms with E-state index in [9.17, 15) is 0 Å². The highest BCUT2D eigenvalue weighted by Gasteiger charge is 2.01. The van der Waals surface area contributed by atoms with E-state index in [2.05, 4.69) is 58.3 Å². The molecule has 0 saturated heterocycles. The van der Waals surface area contributed by atoms with Crippen molar-refractivity contribution in [2.24, 2.45) is 0 Å². The number of rotatable bonds is 8. The van der Waals surface area contributed by atoms with Crippen LogP contribution in [0.3, 0.4) is 0 Å². The van der Waals surface area contributed by atoms with Crippen molar-refractivity contribution >= 4 is 0 Å². The Labute approximate surface area is 127 Å². The molecule has 2 N–H and O–H groups in total. The Balaban J connectivity index is 1.79. The number of nitrogens with zero attached hydrogens (tertiary/aromatic N) is 2. The number of aryl methyl sites for hydroxylation is 1. The highest BCUT2D eigenvalue weighted by Crippen LogP contribution is 2.08. The molecule has 0 spiro atoms. The summed E-state index contributed by atoms with van der Waals surface area (Å²) >= 11 is 0. The van der Waals surface area contributed by atoms with Crippen molar-refractivity contribution in [3.8, 4) is 0 Å². The van der Waals surface area contributed by atoms with E-state index >= 15 is 0 Å². The van der Waals surface area contributed by atoms with Gasteiger partial charge in [-0.3, -0.25) is 4.90 Å². The Morgan fingerprint density at radius 2 is 1.71 bits per heavy atom. The number of nitrogens with one attached hydrogen (secondary N) is 2. The third kappa shape index (κ3) is 4.99. The van der Waals surface area contributed by atoms with Gasteiger partial charge in [0.05, 0.1) is 0 Å². The molecule has 1 aromatic carbocycles. The molecule has 0 bridgehead atoms. The SMILES string of the molecule is CCN(CC)Cc1ccc(CNCc2cnc(C)[nH]2)cc1. The molecule has 0 atom stereocenters. The highest BCUT2D eigenvalue weighted by atomic mass is 15.1. The monoisotopic (exact) mass is 286 g/mol. The number of H-pyrrole nitrogens is 1. The molecule has 0 aliphatic carbocycles. The van der Waals surface area contributed by atoms with Crippen LogP contribution in [0.5, 0.6) is 0 Å². The number of imidazole rings is 1. The van der Waals surface area contributed by atoms with E-state index in [0.717, 1.165) is 44.2 Å². The molecule has 0 radical (unpaired) electrons. The van der Waals surface area contributed by atoms with E-state index in [1.807, 2.05) is 13.1 Å². The van der Waals surface area contributed by atoms with E-state index in [1.165, 1.54) is 11.1 Å². The summed E-state index contributed by atoms with van der Waals surface area (Å²) in [5.41, 5.74) is 3.83. The van der Waals surface area contributed by atoms with Crippen LogP contribution in [-0.4, -0.2) is 28.0 Å². The minimum atomic E-state index is 0.821. The Kier molecular flexibility index (Phi) is 5.96. The van der Waals surface area contributed by atoms with Gasteiger partial charge in [0.15, 0.2) is 0 Å². The lowest BCUT2D eigenvalue weighted by Gasteiger charge is -2.18. The largest absolute Gasteiger partial charge is 0.345 e. The average Bonchev–Trinajstić information content (AvgIpc) is 2.92. The lowest BCUT2D eigenvalue weighted by Crippen LogP contribution is -2.22. The molecule has 0 aliphatic heterocycles. The number of aromatic nitrogens is 2. The van der Waals surface area contributed by atoms with Gasteiger partial charge in [0, 0.05) is 31.5 Å². The standard InChI is InChI=1S/C17H26N4/c1-4-21(5-2)13-16-8-6-15(7-9-16)10-18-11-17-12-19-14(3)20-17/h6-9,12,18H,4-5,10-11,13H2,1-3H3,(H,19,20). The molecule has 4 nitrogen and oxygen atoms in total. The zero-order valence-electron chi connectivity index (χ0n) is 13.3. The lowest BCUT2D eigenvalue weighted by molar-refractivity contribution is 0.296. The first kappa shape index (κ1) is 15.7. The quantitative estimate of drug-likeness (QED) is 0.784. The maximum atomic E-state index is 4.20. The molecule has 0 fully saturated rings. The first-order chi connectivity index (χ1) is 10.2. The molecule has 2 rings (SSSR count). The Morgan fingerprint density at radius 1 is 1.05 bits per heavy atom. The summed E-state index contributed by atoms with van der Waals surface area (Å²) in [6, 6.07) is 8.89. The van der Waals surface area contributed by atoms with Crippen molar-refractivity contribution < 1.29 is 0 Å². The summed E-state index contributed by atoms with van der Waals surface area (Å²) in [6.07, 6.45) is 1.88. The molecular weight excluding hydrogens is 260 g/mol. The van der Waals surface area contributed by atoms with Crippen LogP contribution in [0.2, 0.25) is 0 Å². The highest BCUT2D eigenvalue weighted by molar-refractivity contribution is 5.22. The maximum absolute atomic E-state index is 4.20. The molecule has 4 heteroatoms. The van der Waals surface area contributed by atoms with Gasteiger partial charge in [0.25, 0.3) is 0 Å². The van der Waals surface area contributed by atoms with Gasteiger partial charge in [-0.25, -0.2) is 4.98 Å². The van der Waals surface area contributed by atoms with Crippen LogP contribution < -0.4 is 5.32 Å². The Morgan fingerprint density at radius 3 is 2.29 bits per heavy atom. The third-order valence-corrected chi connectivity index (χ3v) is 3.72. The minimum Gasteiger partial charge on any atom is -0.345 e. The summed E-state index contributed by atoms with van der Waals surface area (Å²) in [5.74, 6) is 0.965. The predicted octanol–water partition coefficient (Wildman–Crippen LogP) is 2.85. The number of benzene rings is 1. The van der Waals surface area contributed by atoms with Gasteiger partial charge in [0.1, 0.15) is 5.82 Å². The smallest absolute Gasteiger partial charge is 0.103 e. The maximum Gasteiger partial charge on any atom is 0.103 e. The van der Waals surface area contributed by atoms with Gasteiger partial charge in [-0.15, -0.1) is 0 Å². The van der Waals surface area contributed by atoms with Crippen molar-refractivity contribution in [3.05, 3.63) is 53.1 Å². The molecular formula is C17H26N4. The van der Waals surface area contributed by atoms with E-state index in [0.29, 0.717) is 0 Å². The van der Waals surface area contributed by atoms with Crippen molar-refractivity contribution in [2.75, 3.05) is 13.1 Å². The zero-order valence-corrected chi connectivity index (χ0v) is 13.3. The second-order valence-corrected chi connectivity index (χ2v) is 5.38. The topological polar surface area (TPSA) is 44.0 Å². The summed E-state index contributed by atoms with van der Waals surface area (Å²) in [6.45, 7) is 11.3. The van der Waals surface area contributed by atoms with E-state index in [-0.39, 0.29) is 0 Å². The average molecular weight is 286 g/mol. The van der Waals surface area contributed by atoms with Crippen LogP contribution in [0.15, 0.2) is 30.5 Å². The van der Waals surface area contributed by atoms with Crippen molar-refractivity contribution in [1.29, 1.82) is 0 Å². The van der Waals surface area contributed by atoms with Crippen LogP contribution in [-0.2, 0) is 19.6 Å². The minimum absolute atomic E-state index is 0.821. The molecule has 0 amide bonds. The first-order valence-corrected chi connectivity index (χ1v) is 7.72. The normalized spacial score (nSPS) is 11.2. The molecule has 1 aromatic heterocycles. The summed E-state index contributed by atoms with van der Waals surface area (Å²) < 4.78 is 0. The number of hydrogen-bond donors (Lipinski definition) is 2. The molecule has 0 aliphatic rings. The van der Waals surface area contributed by atoms with Gasteiger partial charge in [-0.05, 0) is 31.1 Å². The van der Waals surface area contributed by atoms with Gasteiger partial charge < -0.3 is 10.3 Å². The molecule has 1 heterocycles. The third-order valence-electron chi connectivity index (χ3n) is 3.72. The molecule has 0 saturated carbocycles.